The van der Waals surface area contributed by atoms with Crippen molar-refractivity contribution in [3.63, 3.8) is 0 Å². The third kappa shape index (κ3) is 2.80. The largest absolute Gasteiger partial charge is 0.507 e. The third-order valence-electron chi connectivity index (χ3n) is 6.09. The predicted molar refractivity (Wildman–Crippen MR) is 100.0 cm³/mol. The van der Waals surface area contributed by atoms with Crippen LogP contribution in [0.5, 0.6) is 11.5 Å². The van der Waals surface area contributed by atoms with Crippen LogP contribution in [0.25, 0.3) is 11.1 Å². The average Bonchev–Trinajstić information content (AvgIpc) is 2.61. The molecule has 1 N–H and O–H groups in total. The Bertz CT molecular complexity index is 791. The van der Waals surface area contributed by atoms with Gasteiger partial charge in [-0.3, -0.25) is 4.98 Å². The number of phenols is 1. The average molecular weight is 337 g/mol. The Morgan fingerprint density at radius 2 is 1.96 bits per heavy atom. The molecule has 0 spiro atoms. The van der Waals surface area contributed by atoms with Crippen LogP contribution >= 0.6 is 0 Å². The number of benzene rings is 1. The standard InChI is InChI=1S/C22H27NO2/c1-14(15-7-5-4-6-8-15)16-11-19(24)21-17-13-23-10-9-18(17)22(2,3)25-20(21)12-16/h9-15,24H,4-8H2,1-3H3. The molecule has 132 valence electrons. The van der Waals surface area contributed by atoms with E-state index in [2.05, 4.69) is 31.8 Å². The highest BCUT2D eigenvalue weighted by atomic mass is 16.5. The molecule has 0 bridgehead atoms. The Labute approximate surface area is 150 Å². The van der Waals surface area contributed by atoms with Crippen molar-refractivity contribution < 1.29 is 9.84 Å². The Hall–Kier alpha value is -2.03. The van der Waals surface area contributed by atoms with E-state index in [-0.39, 0.29) is 0 Å². The SMILES string of the molecule is CC(c1cc(O)c2c(c1)OC(C)(C)c1ccncc1-2)C1CCCCC1. The van der Waals surface area contributed by atoms with Crippen LogP contribution in [0.15, 0.2) is 30.6 Å². The Morgan fingerprint density at radius 1 is 1.20 bits per heavy atom. The van der Waals surface area contributed by atoms with Crippen molar-refractivity contribution in [2.75, 3.05) is 0 Å². The molecule has 1 unspecified atom stereocenters. The number of phenolic OH excluding ortho intramolecular Hbond substituents is 1. The van der Waals surface area contributed by atoms with Gasteiger partial charge in [0.05, 0.1) is 5.56 Å². The summed E-state index contributed by atoms with van der Waals surface area (Å²) >= 11 is 0. The highest BCUT2D eigenvalue weighted by Crippen LogP contribution is 2.50. The minimum Gasteiger partial charge on any atom is -0.507 e. The minimum atomic E-state index is -0.426. The molecule has 3 nitrogen and oxygen atoms in total. The van der Waals surface area contributed by atoms with E-state index in [4.69, 9.17) is 4.74 Å². The zero-order chi connectivity index (χ0) is 17.6. The van der Waals surface area contributed by atoms with Gasteiger partial charge in [0.2, 0.25) is 0 Å². The molecule has 2 aromatic rings. The molecule has 1 atom stereocenters. The van der Waals surface area contributed by atoms with Crippen LogP contribution in [0.4, 0.5) is 0 Å². The van der Waals surface area contributed by atoms with Crippen molar-refractivity contribution in [2.45, 2.75) is 64.4 Å². The lowest BCUT2D eigenvalue weighted by molar-refractivity contribution is 0.105. The van der Waals surface area contributed by atoms with Gasteiger partial charge in [-0.2, -0.15) is 0 Å². The van der Waals surface area contributed by atoms with Crippen LogP contribution in [0, 0.1) is 5.92 Å². The molecule has 1 aromatic heterocycles. The number of pyridine rings is 1. The lowest BCUT2D eigenvalue weighted by Gasteiger charge is -2.36. The van der Waals surface area contributed by atoms with Crippen LogP contribution in [0.3, 0.4) is 0 Å². The molecule has 1 fully saturated rings. The minimum absolute atomic E-state index is 0.305. The summed E-state index contributed by atoms with van der Waals surface area (Å²) in [4.78, 5) is 4.27. The summed E-state index contributed by atoms with van der Waals surface area (Å²) in [6.07, 6.45) is 10.2. The Kier molecular flexibility index (Phi) is 3.98. The molecule has 0 saturated heterocycles. The number of ether oxygens (including phenoxy) is 1. The van der Waals surface area contributed by atoms with Gasteiger partial charge in [0.15, 0.2) is 0 Å². The lowest BCUT2D eigenvalue weighted by Crippen LogP contribution is -2.29. The van der Waals surface area contributed by atoms with Crippen molar-refractivity contribution in [1.29, 1.82) is 0 Å². The summed E-state index contributed by atoms with van der Waals surface area (Å²) in [6.45, 7) is 6.44. The first-order chi connectivity index (χ1) is 12.0. The summed E-state index contributed by atoms with van der Waals surface area (Å²) in [5.74, 6) is 2.23. The van der Waals surface area contributed by atoms with Crippen molar-refractivity contribution in [3.8, 4) is 22.6 Å². The third-order valence-corrected chi connectivity index (χ3v) is 6.09. The van der Waals surface area contributed by atoms with Gasteiger partial charge in [0, 0.05) is 23.5 Å². The first kappa shape index (κ1) is 16.4. The van der Waals surface area contributed by atoms with Gasteiger partial charge in [-0.1, -0.05) is 26.2 Å². The number of nitrogens with zero attached hydrogens (tertiary/aromatic N) is 1. The second-order valence-electron chi connectivity index (χ2n) is 8.13. The lowest BCUT2D eigenvalue weighted by atomic mass is 9.77. The number of hydrogen-bond acceptors (Lipinski definition) is 3. The fraction of sp³-hybridized carbons (Fsp3) is 0.500. The number of hydrogen-bond donors (Lipinski definition) is 1. The maximum atomic E-state index is 10.8. The van der Waals surface area contributed by atoms with Crippen molar-refractivity contribution in [2.24, 2.45) is 5.92 Å². The molecule has 1 aromatic carbocycles. The Morgan fingerprint density at radius 3 is 2.72 bits per heavy atom. The summed E-state index contributed by atoms with van der Waals surface area (Å²) in [5, 5.41) is 10.8. The second-order valence-corrected chi connectivity index (χ2v) is 8.13. The molecule has 1 aliphatic carbocycles. The number of fused-ring (bicyclic) bond motifs is 3. The highest BCUT2D eigenvalue weighted by molar-refractivity contribution is 5.81. The molecule has 0 amide bonds. The smallest absolute Gasteiger partial charge is 0.132 e. The molecule has 4 rings (SSSR count). The second kappa shape index (κ2) is 6.05. The fourth-order valence-corrected chi connectivity index (χ4v) is 4.59. The topological polar surface area (TPSA) is 42.4 Å². The predicted octanol–water partition coefficient (Wildman–Crippen LogP) is 5.77. The molecule has 2 heterocycles. The quantitative estimate of drug-likeness (QED) is 0.757. The molecular formula is C22H27NO2. The molecular weight excluding hydrogens is 310 g/mol. The van der Waals surface area contributed by atoms with E-state index < -0.39 is 5.60 Å². The Balaban J connectivity index is 1.78. The summed E-state index contributed by atoms with van der Waals surface area (Å²) < 4.78 is 6.32. The first-order valence-corrected chi connectivity index (χ1v) is 9.48. The van der Waals surface area contributed by atoms with Crippen LogP contribution in [-0.4, -0.2) is 10.1 Å². The van der Waals surface area contributed by atoms with Crippen LogP contribution in [-0.2, 0) is 5.60 Å². The van der Waals surface area contributed by atoms with Gasteiger partial charge >= 0.3 is 0 Å². The number of rotatable bonds is 2. The molecule has 3 heteroatoms. The van der Waals surface area contributed by atoms with Gasteiger partial charge in [-0.05, 0) is 62.3 Å². The highest BCUT2D eigenvalue weighted by Gasteiger charge is 2.35. The maximum absolute atomic E-state index is 10.8. The summed E-state index contributed by atoms with van der Waals surface area (Å²) in [5.41, 5.74) is 3.58. The number of aromatic nitrogens is 1. The van der Waals surface area contributed by atoms with Crippen molar-refractivity contribution >= 4 is 0 Å². The van der Waals surface area contributed by atoms with Gasteiger partial charge in [-0.15, -0.1) is 0 Å². The molecule has 2 aliphatic rings. The van der Waals surface area contributed by atoms with E-state index in [1.165, 1.54) is 37.7 Å². The monoisotopic (exact) mass is 337 g/mol. The van der Waals surface area contributed by atoms with E-state index in [9.17, 15) is 5.11 Å². The molecule has 1 saturated carbocycles. The number of aromatic hydroxyl groups is 1. The summed E-state index contributed by atoms with van der Waals surface area (Å²) in [6, 6.07) is 6.07. The van der Waals surface area contributed by atoms with Crippen LogP contribution < -0.4 is 4.74 Å². The normalized spacial score (nSPS) is 20.3. The van der Waals surface area contributed by atoms with Crippen LogP contribution in [0.2, 0.25) is 0 Å². The summed E-state index contributed by atoms with van der Waals surface area (Å²) in [7, 11) is 0. The van der Waals surface area contributed by atoms with E-state index in [0.717, 1.165) is 22.4 Å². The van der Waals surface area contributed by atoms with Crippen molar-refractivity contribution in [1.82, 2.24) is 4.98 Å². The molecule has 1 aliphatic heterocycles. The first-order valence-electron chi connectivity index (χ1n) is 9.48. The fourth-order valence-electron chi connectivity index (χ4n) is 4.59. The van der Waals surface area contributed by atoms with Gasteiger partial charge in [0.25, 0.3) is 0 Å². The maximum Gasteiger partial charge on any atom is 0.132 e. The zero-order valence-electron chi connectivity index (χ0n) is 15.4. The van der Waals surface area contributed by atoms with Gasteiger partial charge < -0.3 is 9.84 Å². The van der Waals surface area contributed by atoms with E-state index in [1.54, 1.807) is 6.20 Å². The van der Waals surface area contributed by atoms with Crippen LogP contribution in [0.1, 0.15) is 69.9 Å². The zero-order valence-corrected chi connectivity index (χ0v) is 15.4. The van der Waals surface area contributed by atoms with E-state index in [0.29, 0.717) is 17.6 Å². The van der Waals surface area contributed by atoms with E-state index >= 15 is 0 Å². The van der Waals surface area contributed by atoms with Gasteiger partial charge in [0.1, 0.15) is 17.1 Å². The molecule has 25 heavy (non-hydrogen) atoms. The van der Waals surface area contributed by atoms with E-state index in [1.807, 2.05) is 18.3 Å². The van der Waals surface area contributed by atoms with Gasteiger partial charge in [-0.25, -0.2) is 0 Å². The van der Waals surface area contributed by atoms with Crippen molar-refractivity contribution in [3.05, 3.63) is 41.7 Å². The molecule has 0 radical (unpaired) electrons.